The molecular formula is C17H20N4O. The molecule has 0 radical (unpaired) electrons. The highest BCUT2D eigenvalue weighted by Crippen LogP contribution is 2.35. The van der Waals surface area contributed by atoms with E-state index in [1.165, 1.54) is 12.8 Å². The van der Waals surface area contributed by atoms with Crippen LogP contribution in [0, 0.1) is 0 Å². The fourth-order valence-corrected chi connectivity index (χ4v) is 3.25. The molecule has 4 rings (SSSR count). The summed E-state index contributed by atoms with van der Waals surface area (Å²) in [6, 6.07) is 4.01. The molecule has 0 aliphatic carbocycles. The fraction of sp³-hybridized carbons (Fsp3) is 0.471. The van der Waals surface area contributed by atoms with Crippen LogP contribution in [-0.4, -0.2) is 34.6 Å². The number of aromatic nitrogens is 3. The van der Waals surface area contributed by atoms with Gasteiger partial charge >= 0.3 is 0 Å². The molecule has 0 aromatic carbocycles. The van der Waals surface area contributed by atoms with Crippen molar-refractivity contribution in [2.24, 2.45) is 0 Å². The number of pyridine rings is 1. The minimum Gasteiger partial charge on any atom is -0.372 e. The van der Waals surface area contributed by atoms with Gasteiger partial charge in [0.2, 0.25) is 5.95 Å². The molecule has 2 aromatic heterocycles. The van der Waals surface area contributed by atoms with Gasteiger partial charge in [0.05, 0.1) is 5.69 Å². The van der Waals surface area contributed by atoms with Gasteiger partial charge in [0, 0.05) is 43.9 Å². The van der Waals surface area contributed by atoms with E-state index in [0.29, 0.717) is 0 Å². The van der Waals surface area contributed by atoms with Crippen molar-refractivity contribution < 1.29 is 4.74 Å². The van der Waals surface area contributed by atoms with Crippen LogP contribution in [0.15, 0.2) is 30.7 Å². The van der Waals surface area contributed by atoms with Gasteiger partial charge in [-0.05, 0) is 43.4 Å². The third-order valence-electron chi connectivity index (χ3n) is 4.42. The predicted molar refractivity (Wildman–Crippen MR) is 84.6 cm³/mol. The smallest absolute Gasteiger partial charge is 0.225 e. The second kappa shape index (κ2) is 6.01. The van der Waals surface area contributed by atoms with E-state index >= 15 is 0 Å². The summed E-state index contributed by atoms with van der Waals surface area (Å²) in [7, 11) is 0. The molecule has 2 aliphatic rings. The first-order valence-electron chi connectivity index (χ1n) is 8.06. The van der Waals surface area contributed by atoms with Crippen molar-refractivity contribution in [2.45, 2.75) is 31.8 Å². The van der Waals surface area contributed by atoms with Gasteiger partial charge in [0.25, 0.3) is 0 Å². The monoisotopic (exact) mass is 296 g/mol. The van der Waals surface area contributed by atoms with Crippen LogP contribution in [0.5, 0.6) is 0 Å². The first-order chi connectivity index (χ1) is 10.9. The van der Waals surface area contributed by atoms with Gasteiger partial charge in [-0.3, -0.25) is 4.98 Å². The minimum absolute atomic E-state index is 0.0903. The Hall–Kier alpha value is -2.01. The molecule has 5 heteroatoms. The van der Waals surface area contributed by atoms with Crippen LogP contribution >= 0.6 is 0 Å². The Morgan fingerprint density at radius 2 is 1.91 bits per heavy atom. The van der Waals surface area contributed by atoms with E-state index in [1.54, 1.807) is 0 Å². The highest BCUT2D eigenvalue weighted by atomic mass is 16.5. The molecule has 2 aliphatic heterocycles. The number of hydrogen-bond acceptors (Lipinski definition) is 5. The normalized spacial score (nSPS) is 21.5. The van der Waals surface area contributed by atoms with Crippen molar-refractivity contribution in [3.05, 3.63) is 36.4 Å². The molecule has 0 N–H and O–H groups in total. The van der Waals surface area contributed by atoms with Crippen LogP contribution < -0.4 is 4.90 Å². The summed E-state index contributed by atoms with van der Waals surface area (Å²) in [6.45, 7) is 2.93. The SMILES string of the molecule is c1cc(-c2cnc(N3CCCC3)nc2[C@H]2CCCO2)ccn1. The van der Waals surface area contributed by atoms with E-state index in [2.05, 4.69) is 14.9 Å². The summed E-state index contributed by atoms with van der Waals surface area (Å²) in [5.74, 6) is 0.848. The van der Waals surface area contributed by atoms with Gasteiger partial charge in [0.1, 0.15) is 6.10 Å². The largest absolute Gasteiger partial charge is 0.372 e. The second-order valence-corrected chi connectivity index (χ2v) is 5.90. The Labute approximate surface area is 130 Å². The lowest BCUT2D eigenvalue weighted by Crippen LogP contribution is -2.21. The average molecular weight is 296 g/mol. The van der Waals surface area contributed by atoms with Crippen LogP contribution in [-0.2, 0) is 4.74 Å². The molecule has 2 saturated heterocycles. The molecule has 0 saturated carbocycles. The van der Waals surface area contributed by atoms with Gasteiger partial charge in [-0.15, -0.1) is 0 Å². The fourth-order valence-electron chi connectivity index (χ4n) is 3.25. The van der Waals surface area contributed by atoms with Gasteiger partial charge in [-0.1, -0.05) is 0 Å². The van der Waals surface area contributed by atoms with E-state index in [9.17, 15) is 0 Å². The third-order valence-corrected chi connectivity index (χ3v) is 4.42. The molecule has 0 bridgehead atoms. The van der Waals surface area contributed by atoms with E-state index in [0.717, 1.165) is 55.3 Å². The molecule has 0 unspecified atom stereocenters. The number of nitrogens with zero attached hydrogens (tertiary/aromatic N) is 4. The summed E-state index contributed by atoms with van der Waals surface area (Å²) in [4.78, 5) is 15.9. The van der Waals surface area contributed by atoms with Gasteiger partial charge < -0.3 is 9.64 Å². The minimum atomic E-state index is 0.0903. The zero-order valence-corrected chi connectivity index (χ0v) is 12.6. The highest BCUT2D eigenvalue weighted by molar-refractivity contribution is 5.65. The summed E-state index contributed by atoms with van der Waals surface area (Å²) >= 11 is 0. The maximum Gasteiger partial charge on any atom is 0.225 e. The number of hydrogen-bond donors (Lipinski definition) is 0. The number of ether oxygens (including phenoxy) is 1. The Kier molecular flexibility index (Phi) is 3.72. The van der Waals surface area contributed by atoms with Crippen LogP contribution in [0.4, 0.5) is 5.95 Å². The lowest BCUT2D eigenvalue weighted by molar-refractivity contribution is 0.109. The molecule has 22 heavy (non-hydrogen) atoms. The van der Waals surface area contributed by atoms with Crippen LogP contribution in [0.1, 0.15) is 37.5 Å². The van der Waals surface area contributed by atoms with Crippen LogP contribution in [0.2, 0.25) is 0 Å². The molecule has 4 heterocycles. The lowest BCUT2D eigenvalue weighted by atomic mass is 10.0. The molecule has 5 nitrogen and oxygen atoms in total. The average Bonchev–Trinajstić information content (AvgIpc) is 3.29. The van der Waals surface area contributed by atoms with E-state index in [4.69, 9.17) is 9.72 Å². The van der Waals surface area contributed by atoms with Crippen molar-refractivity contribution >= 4 is 5.95 Å². The molecular weight excluding hydrogens is 276 g/mol. The van der Waals surface area contributed by atoms with Crippen molar-refractivity contribution in [1.82, 2.24) is 15.0 Å². The quantitative estimate of drug-likeness (QED) is 0.871. The van der Waals surface area contributed by atoms with Crippen molar-refractivity contribution in [2.75, 3.05) is 24.6 Å². The van der Waals surface area contributed by atoms with Crippen molar-refractivity contribution in [3.63, 3.8) is 0 Å². The summed E-state index contributed by atoms with van der Waals surface area (Å²) in [5.41, 5.74) is 3.20. The summed E-state index contributed by atoms with van der Waals surface area (Å²) in [5, 5.41) is 0. The van der Waals surface area contributed by atoms with Gasteiger partial charge in [-0.2, -0.15) is 0 Å². The van der Waals surface area contributed by atoms with Gasteiger partial charge in [0.15, 0.2) is 0 Å². The first-order valence-corrected chi connectivity index (χ1v) is 8.06. The molecule has 1 atom stereocenters. The lowest BCUT2D eigenvalue weighted by Gasteiger charge is -2.19. The Balaban J connectivity index is 1.76. The van der Waals surface area contributed by atoms with E-state index in [1.807, 2.05) is 30.7 Å². The molecule has 2 aromatic rings. The molecule has 114 valence electrons. The third kappa shape index (κ3) is 2.57. The zero-order chi connectivity index (χ0) is 14.8. The maximum absolute atomic E-state index is 5.89. The van der Waals surface area contributed by atoms with Crippen LogP contribution in [0.3, 0.4) is 0 Å². The van der Waals surface area contributed by atoms with Crippen molar-refractivity contribution in [1.29, 1.82) is 0 Å². The van der Waals surface area contributed by atoms with Gasteiger partial charge in [-0.25, -0.2) is 9.97 Å². The number of anilines is 1. The molecule has 2 fully saturated rings. The summed E-state index contributed by atoms with van der Waals surface area (Å²) < 4.78 is 5.89. The number of rotatable bonds is 3. The Morgan fingerprint density at radius 3 is 2.64 bits per heavy atom. The maximum atomic E-state index is 5.89. The zero-order valence-electron chi connectivity index (χ0n) is 12.6. The standard InChI is InChI=1S/C17H20N4O/c1-2-10-21(9-1)17-19-12-14(13-5-7-18-8-6-13)16(20-17)15-4-3-11-22-15/h5-8,12,15H,1-4,9-11H2/t15-/m1/s1. The van der Waals surface area contributed by atoms with Crippen molar-refractivity contribution in [3.8, 4) is 11.1 Å². The topological polar surface area (TPSA) is 51.1 Å². The molecule has 0 spiro atoms. The highest BCUT2D eigenvalue weighted by Gasteiger charge is 2.25. The van der Waals surface area contributed by atoms with Crippen LogP contribution in [0.25, 0.3) is 11.1 Å². The van der Waals surface area contributed by atoms with E-state index in [-0.39, 0.29) is 6.10 Å². The summed E-state index contributed by atoms with van der Waals surface area (Å²) in [6.07, 6.45) is 10.2. The second-order valence-electron chi connectivity index (χ2n) is 5.90. The molecule has 0 amide bonds. The Morgan fingerprint density at radius 1 is 1.09 bits per heavy atom. The first kappa shape index (κ1) is 13.6. The van der Waals surface area contributed by atoms with E-state index < -0.39 is 0 Å². The predicted octanol–water partition coefficient (Wildman–Crippen LogP) is 2.99. The Bertz CT molecular complexity index is 634.